The van der Waals surface area contributed by atoms with E-state index in [1.807, 2.05) is 36.4 Å². The number of ether oxygens (including phenoxy) is 1. The molecule has 2 aromatic heterocycles. The van der Waals surface area contributed by atoms with Crippen LogP contribution >= 0.6 is 0 Å². The molecule has 134 valence electrons. The van der Waals surface area contributed by atoms with Gasteiger partial charge in [0.25, 0.3) is 0 Å². The Kier molecular flexibility index (Phi) is 4.38. The van der Waals surface area contributed by atoms with Crippen LogP contribution in [-0.2, 0) is 0 Å². The van der Waals surface area contributed by atoms with Gasteiger partial charge in [0.2, 0.25) is 0 Å². The summed E-state index contributed by atoms with van der Waals surface area (Å²) in [6, 6.07) is 15.8. The summed E-state index contributed by atoms with van der Waals surface area (Å²) in [5, 5.41) is 3.90. The van der Waals surface area contributed by atoms with Gasteiger partial charge < -0.3 is 10.1 Å². The molecule has 5 nitrogen and oxygen atoms in total. The number of hydrogen-bond acceptors (Lipinski definition) is 5. The third-order valence-corrected chi connectivity index (χ3v) is 4.27. The van der Waals surface area contributed by atoms with Crippen molar-refractivity contribution in [1.29, 1.82) is 0 Å². The van der Waals surface area contributed by atoms with Crippen LogP contribution in [0.5, 0.6) is 5.75 Å². The van der Waals surface area contributed by atoms with E-state index in [0.717, 1.165) is 16.5 Å². The molecule has 0 aliphatic heterocycles. The van der Waals surface area contributed by atoms with E-state index in [0.29, 0.717) is 28.6 Å². The number of aromatic nitrogens is 3. The monoisotopic (exact) mass is 360 g/mol. The number of benzene rings is 2. The highest BCUT2D eigenvalue weighted by Crippen LogP contribution is 2.35. The number of hydrogen-bond donors (Lipinski definition) is 1. The summed E-state index contributed by atoms with van der Waals surface area (Å²) in [5.41, 5.74) is 2.92. The van der Waals surface area contributed by atoms with Crippen LogP contribution in [0.15, 0.2) is 60.8 Å². The maximum atomic E-state index is 13.7. The first-order chi connectivity index (χ1) is 13.2. The Balaban J connectivity index is 1.98. The number of anilines is 1. The van der Waals surface area contributed by atoms with Gasteiger partial charge in [-0.2, -0.15) is 0 Å². The van der Waals surface area contributed by atoms with Gasteiger partial charge in [-0.3, -0.25) is 4.98 Å². The summed E-state index contributed by atoms with van der Waals surface area (Å²) in [7, 11) is 3.39. The Morgan fingerprint density at radius 3 is 2.56 bits per heavy atom. The molecule has 0 radical (unpaired) electrons. The van der Waals surface area contributed by atoms with E-state index in [4.69, 9.17) is 4.74 Å². The number of methoxy groups -OCH3 is 1. The molecule has 1 N–H and O–H groups in total. The van der Waals surface area contributed by atoms with Crippen LogP contribution in [0.2, 0.25) is 0 Å². The lowest BCUT2D eigenvalue weighted by molar-refractivity contribution is 0.419. The lowest BCUT2D eigenvalue weighted by Crippen LogP contribution is -2.01. The third-order valence-electron chi connectivity index (χ3n) is 4.27. The van der Waals surface area contributed by atoms with E-state index in [9.17, 15) is 4.39 Å². The van der Waals surface area contributed by atoms with E-state index >= 15 is 0 Å². The fraction of sp³-hybridized carbons (Fsp3) is 0.0952. The Bertz CT molecular complexity index is 1120. The number of fused-ring (bicyclic) bond motifs is 1. The number of halogens is 1. The molecule has 4 rings (SSSR count). The van der Waals surface area contributed by atoms with Crippen LogP contribution in [0, 0.1) is 5.82 Å². The number of pyridine rings is 1. The SMILES string of the molecule is CNc1nc(-c2ccccn2)nc2c(OC)cc(-c3cccc(F)c3)cc12. The molecule has 0 unspecified atom stereocenters. The van der Waals surface area contributed by atoms with E-state index < -0.39 is 0 Å². The van der Waals surface area contributed by atoms with Crippen molar-refractivity contribution in [3.05, 3.63) is 66.6 Å². The first kappa shape index (κ1) is 16.9. The molecule has 2 heterocycles. The Hall–Kier alpha value is -3.54. The minimum atomic E-state index is -0.290. The van der Waals surface area contributed by atoms with Crippen LogP contribution in [0.1, 0.15) is 0 Å². The van der Waals surface area contributed by atoms with Crippen LogP contribution in [-0.4, -0.2) is 29.1 Å². The van der Waals surface area contributed by atoms with Gasteiger partial charge >= 0.3 is 0 Å². The van der Waals surface area contributed by atoms with Crippen molar-refractivity contribution in [2.45, 2.75) is 0 Å². The molecular formula is C21H17FN4O. The standard InChI is InChI=1S/C21H17FN4O/c1-23-20-16-11-14(13-6-5-7-15(22)10-13)12-18(27-2)19(16)25-21(26-20)17-8-3-4-9-24-17/h3-12H,1-2H3,(H,23,25,26). The fourth-order valence-corrected chi connectivity index (χ4v) is 2.99. The van der Waals surface area contributed by atoms with Gasteiger partial charge in [-0.25, -0.2) is 14.4 Å². The summed E-state index contributed by atoms with van der Waals surface area (Å²) in [4.78, 5) is 13.6. The van der Waals surface area contributed by atoms with Gasteiger partial charge in [0.05, 0.1) is 7.11 Å². The zero-order valence-corrected chi connectivity index (χ0v) is 14.9. The largest absolute Gasteiger partial charge is 0.494 e. The maximum Gasteiger partial charge on any atom is 0.180 e. The molecule has 27 heavy (non-hydrogen) atoms. The minimum Gasteiger partial charge on any atom is -0.494 e. The zero-order valence-electron chi connectivity index (χ0n) is 14.9. The molecule has 0 aliphatic rings. The Labute approximate surface area is 155 Å². The van der Waals surface area contributed by atoms with Crippen molar-refractivity contribution < 1.29 is 9.13 Å². The minimum absolute atomic E-state index is 0.290. The molecule has 0 saturated carbocycles. The predicted molar refractivity (Wildman–Crippen MR) is 104 cm³/mol. The summed E-state index contributed by atoms with van der Waals surface area (Å²) < 4.78 is 19.2. The van der Waals surface area contributed by atoms with Gasteiger partial charge in [-0.1, -0.05) is 18.2 Å². The molecule has 6 heteroatoms. The van der Waals surface area contributed by atoms with E-state index in [1.165, 1.54) is 12.1 Å². The van der Waals surface area contributed by atoms with Gasteiger partial charge in [0, 0.05) is 18.6 Å². The average molecular weight is 360 g/mol. The van der Waals surface area contributed by atoms with Crippen LogP contribution in [0.25, 0.3) is 33.5 Å². The van der Waals surface area contributed by atoms with E-state index in [-0.39, 0.29) is 5.82 Å². The Morgan fingerprint density at radius 1 is 0.963 bits per heavy atom. The van der Waals surface area contributed by atoms with Gasteiger partial charge in [-0.15, -0.1) is 0 Å². The third kappa shape index (κ3) is 3.17. The predicted octanol–water partition coefficient (Wildman–Crippen LogP) is 4.55. The topological polar surface area (TPSA) is 59.9 Å². The van der Waals surface area contributed by atoms with Gasteiger partial charge in [0.15, 0.2) is 5.82 Å². The van der Waals surface area contributed by atoms with Crippen molar-refractivity contribution >= 4 is 16.7 Å². The quantitative estimate of drug-likeness (QED) is 0.579. The zero-order chi connectivity index (χ0) is 18.8. The highest BCUT2D eigenvalue weighted by atomic mass is 19.1. The second-order valence-electron chi connectivity index (χ2n) is 5.95. The molecule has 0 saturated heterocycles. The van der Waals surface area contributed by atoms with Gasteiger partial charge in [-0.05, 0) is 47.5 Å². The first-order valence-corrected chi connectivity index (χ1v) is 8.44. The number of nitrogens with zero attached hydrogens (tertiary/aromatic N) is 3. The van der Waals surface area contributed by atoms with Crippen molar-refractivity contribution in [3.8, 4) is 28.4 Å². The van der Waals surface area contributed by atoms with Crippen LogP contribution in [0.3, 0.4) is 0 Å². The Morgan fingerprint density at radius 2 is 1.85 bits per heavy atom. The molecule has 0 spiro atoms. The second kappa shape index (κ2) is 6.99. The molecule has 0 fully saturated rings. The van der Waals surface area contributed by atoms with Gasteiger partial charge in [0.1, 0.15) is 28.6 Å². The maximum absolute atomic E-state index is 13.7. The second-order valence-corrected chi connectivity index (χ2v) is 5.95. The van der Waals surface area contributed by atoms with Crippen molar-refractivity contribution in [2.75, 3.05) is 19.5 Å². The van der Waals surface area contributed by atoms with E-state index in [2.05, 4.69) is 20.3 Å². The summed E-state index contributed by atoms with van der Waals surface area (Å²) >= 11 is 0. The normalized spacial score (nSPS) is 10.8. The molecule has 0 aliphatic carbocycles. The lowest BCUT2D eigenvalue weighted by atomic mass is 10.0. The summed E-state index contributed by atoms with van der Waals surface area (Å²) in [6.07, 6.45) is 1.70. The molecule has 4 aromatic rings. The van der Waals surface area contributed by atoms with Crippen molar-refractivity contribution in [2.24, 2.45) is 0 Å². The molecule has 0 atom stereocenters. The molecular weight excluding hydrogens is 343 g/mol. The highest BCUT2D eigenvalue weighted by Gasteiger charge is 2.15. The fourth-order valence-electron chi connectivity index (χ4n) is 2.99. The summed E-state index contributed by atoms with van der Waals surface area (Å²) in [6.45, 7) is 0. The summed E-state index contributed by atoms with van der Waals surface area (Å²) in [5.74, 6) is 1.45. The molecule has 0 amide bonds. The van der Waals surface area contributed by atoms with Crippen molar-refractivity contribution in [1.82, 2.24) is 15.0 Å². The van der Waals surface area contributed by atoms with Crippen LogP contribution in [0.4, 0.5) is 10.2 Å². The van der Waals surface area contributed by atoms with Crippen molar-refractivity contribution in [3.63, 3.8) is 0 Å². The molecule has 2 aromatic carbocycles. The number of nitrogens with one attached hydrogen (secondary N) is 1. The number of rotatable bonds is 4. The highest BCUT2D eigenvalue weighted by molar-refractivity contribution is 5.97. The smallest absolute Gasteiger partial charge is 0.180 e. The molecule has 0 bridgehead atoms. The van der Waals surface area contributed by atoms with E-state index in [1.54, 1.807) is 26.4 Å². The average Bonchev–Trinajstić information content (AvgIpc) is 2.72. The lowest BCUT2D eigenvalue weighted by Gasteiger charge is -2.13. The first-order valence-electron chi connectivity index (χ1n) is 8.44. The van der Waals surface area contributed by atoms with Crippen LogP contribution < -0.4 is 10.1 Å².